The number of methoxy groups -OCH3 is 1. The number of fused-ring (bicyclic) bond motifs is 1. The van der Waals surface area contributed by atoms with Gasteiger partial charge in [-0.1, -0.05) is 19.1 Å². The van der Waals surface area contributed by atoms with Gasteiger partial charge in [0.15, 0.2) is 0 Å². The standard InChI is InChI=1S/C26H29FN4O4/c1-6-22(32)31-12-11-16-13-18(34-5)8-9-19(16)23(31)24(33)28-17-7-10-20(21(27)14-17)26(3,4)25-30-29-15(2)35-25/h7-10,13-14,23H,6,11-12H2,1-5H3,(H,28,33). The van der Waals surface area contributed by atoms with Gasteiger partial charge in [0, 0.05) is 31.1 Å². The Morgan fingerprint density at radius 1 is 1.23 bits per heavy atom. The fraction of sp³-hybridized carbons (Fsp3) is 0.385. The third kappa shape index (κ3) is 4.62. The fourth-order valence-electron chi connectivity index (χ4n) is 4.46. The van der Waals surface area contributed by atoms with Crippen LogP contribution in [0.2, 0.25) is 0 Å². The molecular weight excluding hydrogens is 451 g/mol. The van der Waals surface area contributed by atoms with Crippen molar-refractivity contribution in [3.05, 3.63) is 70.7 Å². The summed E-state index contributed by atoms with van der Waals surface area (Å²) in [7, 11) is 1.58. The predicted octanol–water partition coefficient (Wildman–Crippen LogP) is 4.33. The molecule has 1 aliphatic heterocycles. The summed E-state index contributed by atoms with van der Waals surface area (Å²) >= 11 is 0. The lowest BCUT2D eigenvalue weighted by atomic mass is 9.84. The molecule has 2 amide bonds. The van der Waals surface area contributed by atoms with Crippen molar-refractivity contribution in [2.75, 3.05) is 19.0 Å². The number of anilines is 1. The lowest BCUT2D eigenvalue weighted by Crippen LogP contribution is -2.45. The lowest BCUT2D eigenvalue weighted by Gasteiger charge is -2.36. The predicted molar refractivity (Wildman–Crippen MR) is 128 cm³/mol. The van der Waals surface area contributed by atoms with E-state index in [9.17, 15) is 9.59 Å². The molecule has 1 atom stereocenters. The minimum Gasteiger partial charge on any atom is -0.497 e. The van der Waals surface area contributed by atoms with E-state index in [0.717, 1.165) is 11.1 Å². The summed E-state index contributed by atoms with van der Waals surface area (Å²) in [6, 6.07) is 9.14. The molecule has 9 heteroatoms. The number of carbonyl (C=O) groups excluding carboxylic acids is 2. The maximum absolute atomic E-state index is 15.2. The number of halogens is 1. The second-order valence-electron chi connectivity index (χ2n) is 9.09. The molecule has 0 aliphatic carbocycles. The largest absolute Gasteiger partial charge is 0.497 e. The van der Waals surface area contributed by atoms with Crippen LogP contribution >= 0.6 is 0 Å². The van der Waals surface area contributed by atoms with E-state index >= 15 is 4.39 Å². The third-order valence-corrected chi connectivity index (χ3v) is 6.42. The molecule has 0 fully saturated rings. The molecule has 2 heterocycles. The van der Waals surface area contributed by atoms with Gasteiger partial charge in [-0.15, -0.1) is 10.2 Å². The van der Waals surface area contributed by atoms with Gasteiger partial charge in [-0.3, -0.25) is 9.59 Å². The van der Waals surface area contributed by atoms with Gasteiger partial charge in [-0.25, -0.2) is 4.39 Å². The van der Waals surface area contributed by atoms with E-state index in [1.807, 2.05) is 12.1 Å². The highest BCUT2D eigenvalue weighted by atomic mass is 19.1. The molecule has 0 radical (unpaired) electrons. The Kier molecular flexibility index (Phi) is 6.60. The van der Waals surface area contributed by atoms with Crippen molar-refractivity contribution in [2.45, 2.75) is 52.0 Å². The summed E-state index contributed by atoms with van der Waals surface area (Å²) < 4.78 is 26.0. The Morgan fingerprint density at radius 3 is 2.63 bits per heavy atom. The van der Waals surface area contributed by atoms with Crippen LogP contribution in [-0.2, 0) is 21.4 Å². The zero-order valence-corrected chi connectivity index (χ0v) is 20.5. The molecular formula is C26H29FN4O4. The number of rotatable bonds is 6. The number of benzene rings is 2. The first kappa shape index (κ1) is 24.4. The van der Waals surface area contributed by atoms with Crippen LogP contribution < -0.4 is 10.1 Å². The zero-order chi connectivity index (χ0) is 25.3. The van der Waals surface area contributed by atoms with Crippen LogP contribution in [0.15, 0.2) is 40.8 Å². The molecule has 0 saturated carbocycles. The van der Waals surface area contributed by atoms with Crippen LogP contribution in [0.1, 0.15) is 61.7 Å². The number of aromatic nitrogens is 2. The fourth-order valence-corrected chi connectivity index (χ4v) is 4.46. The van der Waals surface area contributed by atoms with Crippen LogP contribution in [-0.4, -0.2) is 40.6 Å². The van der Waals surface area contributed by atoms with Gasteiger partial charge in [0.1, 0.15) is 17.6 Å². The molecule has 4 rings (SSSR count). The molecule has 0 spiro atoms. The molecule has 1 unspecified atom stereocenters. The van der Waals surface area contributed by atoms with Crippen molar-refractivity contribution < 1.29 is 23.1 Å². The van der Waals surface area contributed by atoms with Crippen molar-refractivity contribution in [1.29, 1.82) is 0 Å². The summed E-state index contributed by atoms with van der Waals surface area (Å²) in [5.41, 5.74) is 1.47. The maximum Gasteiger partial charge on any atom is 0.251 e. The molecule has 0 saturated heterocycles. The number of hydrogen-bond acceptors (Lipinski definition) is 6. The molecule has 8 nitrogen and oxygen atoms in total. The van der Waals surface area contributed by atoms with Crippen molar-refractivity contribution in [3.8, 4) is 5.75 Å². The van der Waals surface area contributed by atoms with Crippen molar-refractivity contribution in [3.63, 3.8) is 0 Å². The Labute approximate surface area is 203 Å². The molecule has 2 aromatic carbocycles. The zero-order valence-electron chi connectivity index (χ0n) is 20.5. The highest BCUT2D eigenvalue weighted by molar-refractivity contribution is 5.98. The first-order chi connectivity index (χ1) is 16.6. The second kappa shape index (κ2) is 9.48. The Bertz CT molecular complexity index is 1270. The van der Waals surface area contributed by atoms with Crippen molar-refractivity contribution >= 4 is 17.5 Å². The summed E-state index contributed by atoms with van der Waals surface area (Å²) in [6.45, 7) is 7.43. The Hall–Kier alpha value is -3.75. The highest BCUT2D eigenvalue weighted by Crippen LogP contribution is 2.35. The Morgan fingerprint density at radius 2 is 2.00 bits per heavy atom. The highest BCUT2D eigenvalue weighted by Gasteiger charge is 2.36. The third-order valence-electron chi connectivity index (χ3n) is 6.42. The Balaban J connectivity index is 1.63. The first-order valence-electron chi connectivity index (χ1n) is 11.5. The van der Waals surface area contributed by atoms with Gasteiger partial charge in [0.05, 0.1) is 12.5 Å². The molecule has 1 aliphatic rings. The molecule has 1 aromatic heterocycles. The van der Waals surface area contributed by atoms with Gasteiger partial charge >= 0.3 is 0 Å². The van der Waals surface area contributed by atoms with Gasteiger partial charge in [0.2, 0.25) is 17.7 Å². The van der Waals surface area contributed by atoms with E-state index in [-0.39, 0.29) is 12.3 Å². The van der Waals surface area contributed by atoms with E-state index in [1.165, 1.54) is 6.07 Å². The van der Waals surface area contributed by atoms with Crippen molar-refractivity contribution in [2.24, 2.45) is 0 Å². The van der Waals surface area contributed by atoms with Gasteiger partial charge in [-0.05, 0) is 55.7 Å². The molecule has 1 N–H and O–H groups in total. The number of nitrogens with zero attached hydrogens (tertiary/aromatic N) is 3. The normalized spacial score (nSPS) is 15.5. The lowest BCUT2D eigenvalue weighted by molar-refractivity contribution is -0.139. The number of hydrogen-bond donors (Lipinski definition) is 1. The average Bonchev–Trinajstić information content (AvgIpc) is 3.29. The van der Waals surface area contributed by atoms with E-state index in [4.69, 9.17) is 9.15 Å². The SMILES string of the molecule is CCC(=O)N1CCc2cc(OC)ccc2C1C(=O)Nc1ccc(C(C)(C)c2nnc(C)o2)c(F)c1. The second-order valence-corrected chi connectivity index (χ2v) is 9.09. The van der Waals surface area contributed by atoms with E-state index in [1.54, 1.807) is 57.9 Å². The van der Waals surface area contributed by atoms with Gasteiger partial charge < -0.3 is 19.4 Å². The topological polar surface area (TPSA) is 97.6 Å². The minimum absolute atomic E-state index is 0.121. The monoisotopic (exact) mass is 480 g/mol. The van der Waals surface area contributed by atoms with E-state index in [0.29, 0.717) is 41.7 Å². The van der Waals surface area contributed by atoms with E-state index in [2.05, 4.69) is 15.5 Å². The number of amides is 2. The molecule has 3 aromatic rings. The van der Waals surface area contributed by atoms with Crippen LogP contribution in [0.3, 0.4) is 0 Å². The number of aryl methyl sites for hydroxylation is 1. The quantitative estimate of drug-likeness (QED) is 0.564. The summed E-state index contributed by atoms with van der Waals surface area (Å²) in [5.74, 6) is 0.345. The number of carbonyl (C=O) groups is 2. The molecule has 35 heavy (non-hydrogen) atoms. The summed E-state index contributed by atoms with van der Waals surface area (Å²) in [4.78, 5) is 27.7. The maximum atomic E-state index is 15.2. The van der Waals surface area contributed by atoms with Gasteiger partial charge in [0.25, 0.3) is 5.91 Å². The van der Waals surface area contributed by atoms with Crippen molar-refractivity contribution in [1.82, 2.24) is 15.1 Å². The molecule has 184 valence electrons. The van der Waals surface area contributed by atoms with Crippen LogP contribution in [0.5, 0.6) is 5.75 Å². The summed E-state index contributed by atoms with van der Waals surface area (Å²) in [5, 5.41) is 10.7. The minimum atomic E-state index is -0.862. The smallest absolute Gasteiger partial charge is 0.251 e. The van der Waals surface area contributed by atoms with Crippen LogP contribution in [0.25, 0.3) is 0 Å². The number of ether oxygens (including phenoxy) is 1. The summed E-state index contributed by atoms with van der Waals surface area (Å²) in [6.07, 6.45) is 0.901. The average molecular weight is 481 g/mol. The van der Waals surface area contributed by atoms with Gasteiger partial charge in [-0.2, -0.15) is 0 Å². The van der Waals surface area contributed by atoms with E-state index < -0.39 is 23.2 Å². The number of nitrogens with one attached hydrogen (secondary N) is 1. The van der Waals surface area contributed by atoms with Crippen LogP contribution in [0.4, 0.5) is 10.1 Å². The van der Waals surface area contributed by atoms with Crippen LogP contribution in [0, 0.1) is 12.7 Å². The molecule has 0 bridgehead atoms. The first-order valence-corrected chi connectivity index (χ1v) is 11.5.